The first kappa shape index (κ1) is 11.5. The van der Waals surface area contributed by atoms with Gasteiger partial charge in [-0.3, -0.25) is 4.79 Å². The molecule has 0 radical (unpaired) electrons. The van der Waals surface area contributed by atoms with Crippen LogP contribution < -0.4 is 0 Å². The second-order valence-electron chi connectivity index (χ2n) is 4.09. The fourth-order valence-electron chi connectivity index (χ4n) is 1.96. The number of fused-ring (bicyclic) bond motifs is 1. The zero-order valence-corrected chi connectivity index (χ0v) is 9.90. The predicted molar refractivity (Wildman–Crippen MR) is 65.0 cm³/mol. The second-order valence-corrected chi connectivity index (χ2v) is 4.09. The van der Waals surface area contributed by atoms with Gasteiger partial charge in [-0.15, -0.1) is 0 Å². The zero-order chi connectivity index (χ0) is 12.4. The molecule has 0 aliphatic heterocycles. The second kappa shape index (κ2) is 4.49. The van der Waals surface area contributed by atoms with Gasteiger partial charge in [0.05, 0.1) is 11.9 Å². The third kappa shape index (κ3) is 2.41. The number of hydrogen-bond donors (Lipinski definition) is 1. The summed E-state index contributed by atoms with van der Waals surface area (Å²) in [5.74, 6) is -0.224. The van der Waals surface area contributed by atoms with Gasteiger partial charge in [-0.1, -0.05) is 12.1 Å². The highest BCUT2D eigenvalue weighted by atomic mass is 16.4. The number of aryl methyl sites for hydroxylation is 3. The molecule has 1 heterocycles. The van der Waals surface area contributed by atoms with Gasteiger partial charge in [0.15, 0.2) is 0 Å². The number of rotatable bonds is 3. The maximum absolute atomic E-state index is 10.5. The van der Waals surface area contributed by atoms with E-state index >= 15 is 0 Å². The Morgan fingerprint density at radius 2 is 2.06 bits per heavy atom. The molecule has 2 rings (SSSR count). The minimum absolute atomic E-state index is 0.0662. The Morgan fingerprint density at radius 3 is 2.76 bits per heavy atom. The van der Waals surface area contributed by atoms with Crippen LogP contribution in [0.3, 0.4) is 0 Å². The smallest absolute Gasteiger partial charge is 0.303 e. The normalized spacial score (nSPS) is 10.7. The van der Waals surface area contributed by atoms with Gasteiger partial charge < -0.3 is 5.11 Å². The van der Waals surface area contributed by atoms with Gasteiger partial charge in [0, 0.05) is 17.5 Å². The maximum atomic E-state index is 10.5. The van der Waals surface area contributed by atoms with Gasteiger partial charge >= 0.3 is 5.97 Å². The van der Waals surface area contributed by atoms with E-state index in [0.717, 1.165) is 22.2 Å². The number of aromatic nitrogens is 2. The molecule has 0 aliphatic rings. The summed E-state index contributed by atoms with van der Waals surface area (Å²) in [5.41, 5.74) is 2.94. The van der Waals surface area contributed by atoms with Crippen LogP contribution in [0.4, 0.5) is 0 Å². The Labute approximate surface area is 99.3 Å². The topological polar surface area (TPSA) is 63.1 Å². The molecule has 0 bridgehead atoms. The minimum atomic E-state index is -0.824. The highest BCUT2D eigenvalue weighted by Gasteiger charge is 2.07. The van der Waals surface area contributed by atoms with Crippen LogP contribution in [0.2, 0.25) is 0 Å². The molecule has 0 aliphatic carbocycles. The molecule has 0 fully saturated rings. The van der Waals surface area contributed by atoms with Crippen LogP contribution in [0.25, 0.3) is 10.9 Å². The number of carboxylic acid groups (broad SMARTS) is 1. The lowest BCUT2D eigenvalue weighted by Crippen LogP contribution is -2.03. The summed E-state index contributed by atoms with van der Waals surface area (Å²) in [6.45, 7) is 3.96. The molecule has 17 heavy (non-hydrogen) atoms. The van der Waals surface area contributed by atoms with E-state index in [0.29, 0.717) is 12.2 Å². The first-order valence-electron chi connectivity index (χ1n) is 5.52. The molecule has 0 saturated heterocycles. The number of carbonyl (C=O) groups is 1. The van der Waals surface area contributed by atoms with Crippen LogP contribution in [-0.4, -0.2) is 21.0 Å². The van der Waals surface area contributed by atoms with Crippen LogP contribution in [0, 0.1) is 13.8 Å². The van der Waals surface area contributed by atoms with Gasteiger partial charge in [-0.2, -0.15) is 0 Å². The van der Waals surface area contributed by atoms with Gasteiger partial charge in [0.25, 0.3) is 0 Å². The highest BCUT2D eigenvalue weighted by Crippen LogP contribution is 2.19. The minimum Gasteiger partial charge on any atom is -0.481 e. The van der Waals surface area contributed by atoms with Crippen molar-refractivity contribution < 1.29 is 9.90 Å². The van der Waals surface area contributed by atoms with Gasteiger partial charge in [0.2, 0.25) is 0 Å². The molecule has 4 heteroatoms. The van der Waals surface area contributed by atoms with E-state index in [-0.39, 0.29) is 6.42 Å². The summed E-state index contributed by atoms with van der Waals surface area (Å²) in [5, 5.41) is 9.71. The molecule has 1 aromatic heterocycles. The van der Waals surface area contributed by atoms with Crippen LogP contribution in [-0.2, 0) is 11.2 Å². The van der Waals surface area contributed by atoms with Crippen molar-refractivity contribution in [2.24, 2.45) is 0 Å². The molecule has 0 unspecified atom stereocenters. The van der Waals surface area contributed by atoms with E-state index in [2.05, 4.69) is 9.97 Å². The van der Waals surface area contributed by atoms with Gasteiger partial charge in [-0.05, 0) is 25.5 Å². The first-order chi connectivity index (χ1) is 8.08. The van der Waals surface area contributed by atoms with E-state index in [1.54, 1.807) is 0 Å². The lowest BCUT2D eigenvalue weighted by atomic mass is 10.1. The third-order valence-electron chi connectivity index (χ3n) is 2.72. The summed E-state index contributed by atoms with van der Waals surface area (Å²) in [6.07, 6.45) is 0.441. The van der Waals surface area contributed by atoms with Crippen molar-refractivity contribution >= 4 is 16.9 Å². The summed E-state index contributed by atoms with van der Waals surface area (Å²) < 4.78 is 0. The number of benzene rings is 1. The highest BCUT2D eigenvalue weighted by molar-refractivity contribution is 5.84. The standard InChI is InChI=1S/C13H14N2O2/c1-8-4-3-5-10-13(8)9(2)14-11(15-10)6-7-12(16)17/h3-5H,6-7H2,1-2H3,(H,16,17). The summed E-state index contributed by atoms with van der Waals surface area (Å²) in [6, 6.07) is 5.90. The molecule has 0 atom stereocenters. The monoisotopic (exact) mass is 230 g/mol. The quantitative estimate of drug-likeness (QED) is 0.878. The van der Waals surface area contributed by atoms with E-state index < -0.39 is 5.97 Å². The molecule has 4 nitrogen and oxygen atoms in total. The molecule has 1 N–H and O–H groups in total. The van der Waals surface area contributed by atoms with Crippen molar-refractivity contribution in [2.45, 2.75) is 26.7 Å². The number of hydrogen-bond acceptors (Lipinski definition) is 3. The van der Waals surface area contributed by atoms with Gasteiger partial charge in [-0.25, -0.2) is 9.97 Å². The number of aliphatic carboxylic acids is 1. The van der Waals surface area contributed by atoms with E-state index in [1.165, 1.54) is 0 Å². The number of carboxylic acids is 1. The largest absolute Gasteiger partial charge is 0.481 e. The Bertz CT molecular complexity index is 579. The van der Waals surface area contributed by atoms with Crippen molar-refractivity contribution in [2.75, 3.05) is 0 Å². The maximum Gasteiger partial charge on any atom is 0.303 e. The van der Waals surface area contributed by atoms with E-state index in [1.807, 2.05) is 32.0 Å². The fourth-order valence-corrected chi connectivity index (χ4v) is 1.96. The van der Waals surface area contributed by atoms with Crippen LogP contribution in [0.15, 0.2) is 18.2 Å². The van der Waals surface area contributed by atoms with Crippen molar-refractivity contribution in [3.05, 3.63) is 35.3 Å². The molecular weight excluding hydrogens is 216 g/mol. The van der Waals surface area contributed by atoms with Crippen molar-refractivity contribution in [1.82, 2.24) is 9.97 Å². The SMILES string of the molecule is Cc1cccc2nc(CCC(=O)O)nc(C)c12. The average Bonchev–Trinajstić information content (AvgIpc) is 2.26. The van der Waals surface area contributed by atoms with Crippen molar-refractivity contribution in [1.29, 1.82) is 0 Å². The number of nitrogens with zero attached hydrogens (tertiary/aromatic N) is 2. The Kier molecular flexibility index (Phi) is 3.04. The van der Waals surface area contributed by atoms with Gasteiger partial charge in [0.1, 0.15) is 5.82 Å². The fraction of sp³-hybridized carbons (Fsp3) is 0.308. The summed E-state index contributed by atoms with van der Waals surface area (Å²) in [4.78, 5) is 19.3. The molecule has 1 aromatic carbocycles. The van der Waals surface area contributed by atoms with E-state index in [4.69, 9.17) is 5.11 Å². The van der Waals surface area contributed by atoms with Crippen LogP contribution >= 0.6 is 0 Å². The molecule has 0 amide bonds. The van der Waals surface area contributed by atoms with E-state index in [9.17, 15) is 4.79 Å². The Morgan fingerprint density at radius 1 is 1.29 bits per heavy atom. The molecule has 0 saturated carbocycles. The van der Waals surface area contributed by atoms with Crippen molar-refractivity contribution in [3.63, 3.8) is 0 Å². The molecule has 88 valence electrons. The molecule has 2 aromatic rings. The zero-order valence-electron chi connectivity index (χ0n) is 9.90. The van der Waals surface area contributed by atoms with Crippen LogP contribution in [0.5, 0.6) is 0 Å². The molecular formula is C13H14N2O2. The average molecular weight is 230 g/mol. The molecule has 0 spiro atoms. The Hall–Kier alpha value is -1.97. The van der Waals surface area contributed by atoms with Crippen molar-refractivity contribution in [3.8, 4) is 0 Å². The Balaban J connectivity index is 2.45. The lowest BCUT2D eigenvalue weighted by Gasteiger charge is -2.06. The van der Waals surface area contributed by atoms with Crippen LogP contribution in [0.1, 0.15) is 23.5 Å². The summed E-state index contributed by atoms with van der Waals surface area (Å²) >= 11 is 0. The predicted octanol–water partition coefficient (Wildman–Crippen LogP) is 2.26. The lowest BCUT2D eigenvalue weighted by molar-refractivity contribution is -0.137. The summed E-state index contributed by atoms with van der Waals surface area (Å²) in [7, 11) is 0. The first-order valence-corrected chi connectivity index (χ1v) is 5.52. The third-order valence-corrected chi connectivity index (χ3v) is 2.72.